The van der Waals surface area contributed by atoms with Crippen LogP contribution >= 0.6 is 12.2 Å². The van der Waals surface area contributed by atoms with Crippen molar-refractivity contribution >= 4 is 17.2 Å². The second-order valence-corrected chi connectivity index (χ2v) is 4.93. The summed E-state index contributed by atoms with van der Waals surface area (Å²) >= 11 is 4.95. The highest BCUT2D eigenvalue weighted by atomic mass is 32.1. The van der Waals surface area contributed by atoms with Crippen LogP contribution < -0.4 is 15.2 Å². The molecule has 0 saturated heterocycles. The van der Waals surface area contributed by atoms with Crippen molar-refractivity contribution in [2.24, 2.45) is 11.7 Å². The minimum absolute atomic E-state index is 0.365. The quantitative estimate of drug-likeness (QED) is 0.771. The molecule has 1 aromatic rings. The Hall–Kier alpha value is -1.29. The third-order valence-electron chi connectivity index (χ3n) is 2.48. The molecule has 0 amide bonds. The fourth-order valence-electron chi connectivity index (χ4n) is 1.45. The minimum Gasteiger partial charge on any atom is -0.490 e. The zero-order chi connectivity index (χ0) is 13.5. The topological polar surface area (TPSA) is 44.5 Å². The molecule has 0 aromatic heterocycles. The molecule has 0 aliphatic rings. The second kappa shape index (κ2) is 7.21. The van der Waals surface area contributed by atoms with Gasteiger partial charge in [0.2, 0.25) is 0 Å². The Morgan fingerprint density at radius 3 is 2.56 bits per heavy atom. The summed E-state index contributed by atoms with van der Waals surface area (Å²) in [4.78, 5) is 0.365. The Labute approximate surface area is 114 Å². The molecule has 2 N–H and O–H groups in total. The molecule has 0 saturated carbocycles. The molecule has 0 atom stereocenters. The number of rotatable bonds is 7. The zero-order valence-corrected chi connectivity index (χ0v) is 12.0. The molecular weight excluding hydrogens is 246 g/mol. The van der Waals surface area contributed by atoms with Crippen LogP contribution in [0.1, 0.15) is 32.8 Å². The highest BCUT2D eigenvalue weighted by molar-refractivity contribution is 7.80. The molecule has 0 heterocycles. The maximum absolute atomic E-state index is 5.73. The molecule has 0 aliphatic heterocycles. The van der Waals surface area contributed by atoms with E-state index >= 15 is 0 Å². The average Bonchev–Trinajstić information content (AvgIpc) is 2.30. The van der Waals surface area contributed by atoms with E-state index in [4.69, 9.17) is 27.4 Å². The van der Waals surface area contributed by atoms with Crippen LogP contribution in [0.4, 0.5) is 0 Å². The lowest BCUT2D eigenvalue weighted by molar-refractivity contribution is 0.261. The molecule has 0 fully saturated rings. The molecule has 0 unspecified atom stereocenters. The van der Waals surface area contributed by atoms with Crippen LogP contribution in [-0.2, 0) is 0 Å². The summed E-state index contributed by atoms with van der Waals surface area (Å²) in [6.07, 6.45) is 1.02. The van der Waals surface area contributed by atoms with E-state index in [0.717, 1.165) is 17.7 Å². The first kappa shape index (κ1) is 14.8. The number of nitrogens with two attached hydrogens (primary N) is 1. The van der Waals surface area contributed by atoms with E-state index in [1.165, 1.54) is 0 Å². The van der Waals surface area contributed by atoms with Gasteiger partial charge in [-0.15, -0.1) is 0 Å². The number of hydrogen-bond acceptors (Lipinski definition) is 3. The van der Waals surface area contributed by atoms with Crippen LogP contribution in [0.3, 0.4) is 0 Å². The van der Waals surface area contributed by atoms with Gasteiger partial charge >= 0.3 is 0 Å². The van der Waals surface area contributed by atoms with E-state index in [-0.39, 0.29) is 0 Å². The Bertz CT molecular complexity index is 405. The number of hydrogen-bond donors (Lipinski definition) is 1. The molecule has 100 valence electrons. The highest BCUT2D eigenvalue weighted by Gasteiger charge is 2.08. The van der Waals surface area contributed by atoms with Crippen LogP contribution in [0.25, 0.3) is 0 Å². The third-order valence-corrected chi connectivity index (χ3v) is 2.72. The molecule has 3 nitrogen and oxygen atoms in total. The van der Waals surface area contributed by atoms with Crippen molar-refractivity contribution in [2.75, 3.05) is 13.2 Å². The van der Waals surface area contributed by atoms with Gasteiger partial charge in [-0.1, -0.05) is 26.1 Å². The van der Waals surface area contributed by atoms with Crippen LogP contribution in [0.5, 0.6) is 11.5 Å². The van der Waals surface area contributed by atoms with E-state index < -0.39 is 0 Å². The Kier molecular flexibility index (Phi) is 5.92. The van der Waals surface area contributed by atoms with Gasteiger partial charge in [0.05, 0.1) is 13.2 Å². The van der Waals surface area contributed by atoms with Gasteiger partial charge < -0.3 is 15.2 Å². The first-order valence-electron chi connectivity index (χ1n) is 6.24. The summed E-state index contributed by atoms with van der Waals surface area (Å²) in [5.74, 6) is 2.07. The van der Waals surface area contributed by atoms with Gasteiger partial charge in [0.1, 0.15) is 4.99 Å². The normalized spacial score (nSPS) is 10.4. The van der Waals surface area contributed by atoms with Crippen molar-refractivity contribution in [1.82, 2.24) is 0 Å². The third kappa shape index (κ3) is 4.53. The largest absolute Gasteiger partial charge is 0.490 e. The van der Waals surface area contributed by atoms with E-state index in [1.807, 2.05) is 25.1 Å². The van der Waals surface area contributed by atoms with E-state index in [2.05, 4.69) is 13.8 Å². The maximum Gasteiger partial charge on any atom is 0.161 e. The predicted octanol–water partition coefficient (Wildman–Crippen LogP) is 3.14. The summed E-state index contributed by atoms with van der Waals surface area (Å²) < 4.78 is 11.3. The molecule has 0 spiro atoms. The van der Waals surface area contributed by atoms with Crippen molar-refractivity contribution in [1.29, 1.82) is 0 Å². The van der Waals surface area contributed by atoms with Crippen LogP contribution in [0.2, 0.25) is 0 Å². The molecule has 4 heteroatoms. The van der Waals surface area contributed by atoms with Crippen molar-refractivity contribution in [3.63, 3.8) is 0 Å². The van der Waals surface area contributed by atoms with Gasteiger partial charge in [0.25, 0.3) is 0 Å². The maximum atomic E-state index is 5.73. The van der Waals surface area contributed by atoms with Gasteiger partial charge in [-0.05, 0) is 37.5 Å². The summed E-state index contributed by atoms with van der Waals surface area (Å²) in [6.45, 7) is 7.54. The SMILES string of the molecule is CCOc1cc(C(N)=S)ccc1OCCC(C)C. The fourth-order valence-corrected chi connectivity index (χ4v) is 1.58. The van der Waals surface area contributed by atoms with Crippen LogP contribution in [-0.4, -0.2) is 18.2 Å². The molecule has 1 rings (SSSR count). The van der Waals surface area contributed by atoms with E-state index in [9.17, 15) is 0 Å². The van der Waals surface area contributed by atoms with Gasteiger partial charge in [-0.2, -0.15) is 0 Å². The smallest absolute Gasteiger partial charge is 0.161 e. The van der Waals surface area contributed by atoms with Gasteiger partial charge in [0, 0.05) is 5.56 Å². The second-order valence-electron chi connectivity index (χ2n) is 4.49. The van der Waals surface area contributed by atoms with Crippen molar-refractivity contribution in [2.45, 2.75) is 27.2 Å². The fraction of sp³-hybridized carbons (Fsp3) is 0.500. The van der Waals surface area contributed by atoms with Crippen LogP contribution in [0, 0.1) is 5.92 Å². The Morgan fingerprint density at radius 1 is 1.28 bits per heavy atom. The average molecular weight is 267 g/mol. The summed E-state index contributed by atoms with van der Waals surface area (Å²) in [7, 11) is 0. The molecular formula is C14H21NO2S. The lowest BCUT2D eigenvalue weighted by atomic mass is 10.1. The lowest BCUT2D eigenvalue weighted by Gasteiger charge is -2.13. The summed E-state index contributed by atoms with van der Waals surface area (Å²) in [6, 6.07) is 5.55. The highest BCUT2D eigenvalue weighted by Crippen LogP contribution is 2.28. The van der Waals surface area contributed by atoms with Gasteiger partial charge in [0.15, 0.2) is 11.5 Å². The number of thiocarbonyl (C=S) groups is 1. The summed E-state index contributed by atoms with van der Waals surface area (Å²) in [5, 5.41) is 0. The van der Waals surface area contributed by atoms with Crippen molar-refractivity contribution in [3.8, 4) is 11.5 Å². The molecule has 18 heavy (non-hydrogen) atoms. The van der Waals surface area contributed by atoms with Crippen LogP contribution in [0.15, 0.2) is 18.2 Å². The Balaban J connectivity index is 2.79. The number of ether oxygens (including phenoxy) is 2. The first-order chi connectivity index (χ1) is 8.54. The van der Waals surface area contributed by atoms with Gasteiger partial charge in [-0.3, -0.25) is 0 Å². The monoisotopic (exact) mass is 267 g/mol. The molecule has 0 radical (unpaired) electrons. The molecule has 0 bridgehead atoms. The summed E-state index contributed by atoms with van der Waals surface area (Å²) in [5.41, 5.74) is 6.40. The first-order valence-corrected chi connectivity index (χ1v) is 6.64. The van der Waals surface area contributed by atoms with Crippen molar-refractivity contribution < 1.29 is 9.47 Å². The van der Waals surface area contributed by atoms with E-state index in [0.29, 0.717) is 29.9 Å². The minimum atomic E-state index is 0.365. The zero-order valence-electron chi connectivity index (χ0n) is 11.2. The molecule has 0 aliphatic carbocycles. The van der Waals surface area contributed by atoms with Gasteiger partial charge in [-0.25, -0.2) is 0 Å². The predicted molar refractivity (Wildman–Crippen MR) is 78.4 cm³/mol. The number of benzene rings is 1. The lowest BCUT2D eigenvalue weighted by Crippen LogP contribution is -2.10. The van der Waals surface area contributed by atoms with E-state index in [1.54, 1.807) is 0 Å². The molecule has 1 aromatic carbocycles. The standard InChI is InChI=1S/C14H21NO2S/c1-4-16-13-9-11(14(15)18)5-6-12(13)17-8-7-10(2)3/h5-6,9-10H,4,7-8H2,1-3H3,(H2,15,18). The Morgan fingerprint density at radius 2 is 2.00 bits per heavy atom. The van der Waals surface area contributed by atoms with Crippen molar-refractivity contribution in [3.05, 3.63) is 23.8 Å².